The third-order valence-electron chi connectivity index (χ3n) is 13.4. The highest BCUT2D eigenvalue weighted by Crippen LogP contribution is 2.69. The van der Waals surface area contributed by atoms with Crippen LogP contribution in [0.2, 0.25) is 0 Å². The zero-order valence-corrected chi connectivity index (χ0v) is 26.8. The number of nitrogens with one attached hydrogen (secondary N) is 2. The highest BCUT2D eigenvalue weighted by Gasteiger charge is 2.62. The van der Waals surface area contributed by atoms with Crippen LogP contribution in [0.1, 0.15) is 131 Å². The van der Waals surface area contributed by atoms with Crippen molar-refractivity contribution in [2.75, 3.05) is 0 Å². The van der Waals surface area contributed by atoms with E-state index in [1.165, 1.54) is 44.9 Å². The summed E-state index contributed by atoms with van der Waals surface area (Å²) < 4.78 is 27.8. The largest absolute Gasteiger partial charge is 0.393 e. The first-order valence-electron chi connectivity index (χ1n) is 16.9. The number of hydrogen-bond acceptors (Lipinski definition) is 4. The Morgan fingerprint density at radius 3 is 2.27 bits per heavy atom. The van der Waals surface area contributed by atoms with Crippen LogP contribution < -0.4 is 10.0 Å². The van der Waals surface area contributed by atoms with E-state index in [0.29, 0.717) is 41.4 Å². The summed E-state index contributed by atoms with van der Waals surface area (Å²) in [4.78, 5) is 12.7. The zero-order valence-electron chi connectivity index (χ0n) is 26.0. The minimum absolute atomic E-state index is 0.0666. The Bertz CT molecular complexity index is 1010. The monoisotopic (exact) mass is 578 g/mol. The summed E-state index contributed by atoms with van der Waals surface area (Å²) in [6.07, 6.45) is 16.0. The molecule has 7 heteroatoms. The molecule has 0 bridgehead atoms. The zero-order chi connectivity index (χ0) is 28.9. The second-order valence-electron chi connectivity index (χ2n) is 15.5. The Hall–Kier alpha value is -0.820. The van der Waals surface area contributed by atoms with Crippen LogP contribution in [0.25, 0.3) is 0 Å². The van der Waals surface area contributed by atoms with Crippen molar-refractivity contribution in [1.29, 1.82) is 0 Å². The van der Waals surface area contributed by atoms with Crippen LogP contribution in [0.3, 0.4) is 0 Å². The molecule has 0 radical (unpaired) electrons. The molecule has 0 saturated heterocycles. The first-order valence-corrected chi connectivity index (χ1v) is 18.4. The third kappa shape index (κ3) is 5.61. The van der Waals surface area contributed by atoms with Crippen molar-refractivity contribution < 1.29 is 18.3 Å². The number of rotatable bonds is 7. The molecule has 40 heavy (non-hydrogen) atoms. The van der Waals surface area contributed by atoms with Crippen LogP contribution >= 0.6 is 0 Å². The van der Waals surface area contributed by atoms with Crippen molar-refractivity contribution in [2.45, 2.75) is 148 Å². The standard InChI is InChI=1S/C33H58N2O4S/c1-6-23-19-26-28-13-12-27(32(28,4)17-15-29(26)33(5)16-14-24(36)20-30(23)33)21(2)18-22(3)34-31(37)35-40(38,39)25-10-8-7-9-11-25/h21-30,36H,6-20H2,1-5H3,(H2,34,35,37)/t21-,22+,23+,24-,26+,27-,28+,29?,30+,32-,33-/m1/s1. The molecule has 2 amide bonds. The molecular weight excluding hydrogens is 520 g/mol. The SMILES string of the molecule is CC[C@H]1C[C@@H]2C(CC[C@]3(C)[C@@H]([C@H](C)C[C@H](C)NC(=O)NS(=O)(=O)C4CCCCC4)CC[C@@H]23)[C@@]2(C)CC[C@@H](O)C[C@@H]12. The number of hydrogen-bond donors (Lipinski definition) is 3. The Labute approximate surface area is 244 Å². The molecule has 11 atom stereocenters. The van der Waals surface area contributed by atoms with Gasteiger partial charge >= 0.3 is 6.03 Å². The molecule has 0 spiro atoms. The van der Waals surface area contributed by atoms with Crippen molar-refractivity contribution in [1.82, 2.24) is 10.0 Å². The molecular formula is C33H58N2O4S. The summed E-state index contributed by atoms with van der Waals surface area (Å²) in [6.45, 7) is 11.9. The van der Waals surface area contributed by atoms with E-state index in [1.807, 2.05) is 6.92 Å². The number of aliphatic hydroxyl groups excluding tert-OH is 1. The van der Waals surface area contributed by atoms with E-state index in [-0.39, 0.29) is 12.1 Å². The summed E-state index contributed by atoms with van der Waals surface area (Å²) in [6, 6.07) is -0.627. The molecule has 0 aromatic heterocycles. The fourth-order valence-electron chi connectivity index (χ4n) is 11.5. The molecule has 5 saturated carbocycles. The predicted octanol–water partition coefficient (Wildman–Crippen LogP) is 7.02. The molecule has 5 rings (SSSR count). The van der Waals surface area contributed by atoms with Gasteiger partial charge in [0.25, 0.3) is 0 Å². The quantitative estimate of drug-likeness (QED) is 0.303. The van der Waals surface area contributed by atoms with Gasteiger partial charge in [0.2, 0.25) is 10.0 Å². The second-order valence-corrected chi connectivity index (χ2v) is 17.5. The number of urea groups is 1. The van der Waals surface area contributed by atoms with Crippen LogP contribution in [0.5, 0.6) is 0 Å². The lowest BCUT2D eigenvalue weighted by molar-refractivity contribution is -0.152. The number of carbonyl (C=O) groups is 1. The molecule has 0 heterocycles. The third-order valence-corrected chi connectivity index (χ3v) is 15.2. The first kappa shape index (κ1) is 30.6. The van der Waals surface area contributed by atoms with Gasteiger partial charge in [0, 0.05) is 6.04 Å². The maximum absolute atomic E-state index is 12.7. The number of fused-ring (bicyclic) bond motifs is 5. The second kappa shape index (κ2) is 11.7. The average molecular weight is 579 g/mol. The van der Waals surface area contributed by atoms with Crippen molar-refractivity contribution in [3.05, 3.63) is 0 Å². The Morgan fingerprint density at radius 1 is 0.900 bits per heavy atom. The summed E-state index contributed by atoms with van der Waals surface area (Å²) in [5.74, 6) is 4.95. The summed E-state index contributed by atoms with van der Waals surface area (Å²) >= 11 is 0. The van der Waals surface area contributed by atoms with Crippen LogP contribution in [0, 0.1) is 52.3 Å². The summed E-state index contributed by atoms with van der Waals surface area (Å²) in [5.41, 5.74) is 0.736. The average Bonchev–Trinajstić information content (AvgIpc) is 3.26. The molecule has 0 aliphatic heterocycles. The van der Waals surface area contributed by atoms with Gasteiger partial charge in [-0.25, -0.2) is 17.9 Å². The van der Waals surface area contributed by atoms with Crippen molar-refractivity contribution >= 4 is 16.1 Å². The van der Waals surface area contributed by atoms with Gasteiger partial charge in [-0.2, -0.15) is 0 Å². The lowest BCUT2D eigenvalue weighted by Crippen LogP contribution is -2.56. The van der Waals surface area contributed by atoms with E-state index in [0.717, 1.165) is 62.2 Å². The van der Waals surface area contributed by atoms with E-state index in [1.54, 1.807) is 0 Å². The van der Waals surface area contributed by atoms with Gasteiger partial charge in [-0.15, -0.1) is 0 Å². The summed E-state index contributed by atoms with van der Waals surface area (Å²) in [7, 11) is -3.61. The van der Waals surface area contributed by atoms with Gasteiger partial charge < -0.3 is 10.4 Å². The van der Waals surface area contributed by atoms with Gasteiger partial charge in [0.15, 0.2) is 0 Å². The summed E-state index contributed by atoms with van der Waals surface area (Å²) in [5, 5.41) is 13.1. The number of amides is 2. The minimum atomic E-state index is -3.61. The predicted molar refractivity (Wildman–Crippen MR) is 161 cm³/mol. The van der Waals surface area contributed by atoms with Crippen LogP contribution in [0.4, 0.5) is 4.79 Å². The van der Waals surface area contributed by atoms with Crippen molar-refractivity contribution in [2.24, 2.45) is 52.3 Å². The molecule has 0 aromatic rings. The number of aliphatic hydroxyl groups is 1. The Balaban J connectivity index is 1.21. The van der Waals surface area contributed by atoms with Gasteiger partial charge in [-0.05, 0) is 130 Å². The molecule has 5 fully saturated rings. The van der Waals surface area contributed by atoms with E-state index in [2.05, 4.69) is 37.7 Å². The van der Waals surface area contributed by atoms with Crippen LogP contribution in [0.15, 0.2) is 0 Å². The maximum Gasteiger partial charge on any atom is 0.328 e. The smallest absolute Gasteiger partial charge is 0.328 e. The highest BCUT2D eigenvalue weighted by atomic mass is 32.2. The fraction of sp³-hybridized carbons (Fsp3) is 0.970. The lowest BCUT2D eigenvalue weighted by atomic mass is 9.42. The molecule has 0 aromatic carbocycles. The Kier molecular flexibility index (Phi) is 8.96. The van der Waals surface area contributed by atoms with Crippen LogP contribution in [-0.4, -0.2) is 37.0 Å². The van der Waals surface area contributed by atoms with Crippen molar-refractivity contribution in [3.8, 4) is 0 Å². The van der Waals surface area contributed by atoms with Gasteiger partial charge in [-0.1, -0.05) is 53.4 Å². The van der Waals surface area contributed by atoms with E-state index in [9.17, 15) is 18.3 Å². The molecule has 5 aliphatic rings. The topological polar surface area (TPSA) is 95.5 Å². The molecule has 3 N–H and O–H groups in total. The first-order chi connectivity index (χ1) is 18.9. The lowest BCUT2D eigenvalue weighted by Gasteiger charge is -2.63. The molecule has 1 unspecified atom stereocenters. The molecule has 230 valence electrons. The molecule has 6 nitrogen and oxygen atoms in total. The molecule has 5 aliphatic carbocycles. The van der Waals surface area contributed by atoms with E-state index >= 15 is 0 Å². The highest BCUT2D eigenvalue weighted by molar-refractivity contribution is 7.90. The fourth-order valence-corrected chi connectivity index (χ4v) is 13.0. The van der Waals surface area contributed by atoms with E-state index < -0.39 is 21.3 Å². The van der Waals surface area contributed by atoms with Gasteiger partial charge in [0.1, 0.15) is 0 Å². The number of sulfonamides is 1. The van der Waals surface area contributed by atoms with Crippen molar-refractivity contribution in [3.63, 3.8) is 0 Å². The normalized spacial score (nSPS) is 43.6. The van der Waals surface area contributed by atoms with Gasteiger partial charge in [0.05, 0.1) is 11.4 Å². The van der Waals surface area contributed by atoms with E-state index in [4.69, 9.17) is 0 Å². The minimum Gasteiger partial charge on any atom is -0.393 e. The maximum atomic E-state index is 12.7. The van der Waals surface area contributed by atoms with Gasteiger partial charge in [-0.3, -0.25) is 0 Å². The Morgan fingerprint density at radius 2 is 1.57 bits per heavy atom. The van der Waals surface area contributed by atoms with Crippen LogP contribution in [-0.2, 0) is 10.0 Å². The number of carbonyl (C=O) groups excluding carboxylic acids is 1.